The predicted octanol–water partition coefficient (Wildman–Crippen LogP) is 3.10. The van der Waals surface area contributed by atoms with Crippen LogP contribution in [0.3, 0.4) is 0 Å². The van der Waals surface area contributed by atoms with E-state index in [1.54, 1.807) is 44.9 Å². The fourth-order valence-electron chi connectivity index (χ4n) is 2.01. The Labute approximate surface area is 137 Å². The minimum absolute atomic E-state index is 0.361. The molecule has 3 rings (SSSR count). The Balaban J connectivity index is 1.98. The second kappa shape index (κ2) is 6.49. The second-order valence-electron chi connectivity index (χ2n) is 4.49. The summed E-state index contributed by atoms with van der Waals surface area (Å²) < 4.78 is 17.7. The van der Waals surface area contributed by atoms with Crippen LogP contribution in [0.2, 0.25) is 0 Å². The SMILES string of the molecule is COc1ccc(/C=N/n2c(-c3ccco3)n[nH]c2=S)c(OC)c1. The number of ether oxygens (including phenoxy) is 2. The third kappa shape index (κ3) is 3.02. The molecule has 8 heteroatoms. The molecule has 0 aliphatic carbocycles. The van der Waals surface area contributed by atoms with Gasteiger partial charge in [-0.25, -0.2) is 5.10 Å². The number of aromatic amines is 1. The molecule has 7 nitrogen and oxygen atoms in total. The number of nitrogens with one attached hydrogen (secondary N) is 1. The first-order chi connectivity index (χ1) is 11.2. The van der Waals surface area contributed by atoms with Crippen LogP contribution in [0.4, 0.5) is 0 Å². The summed E-state index contributed by atoms with van der Waals surface area (Å²) in [5, 5.41) is 11.2. The predicted molar refractivity (Wildman–Crippen MR) is 87.7 cm³/mol. The van der Waals surface area contributed by atoms with E-state index < -0.39 is 0 Å². The van der Waals surface area contributed by atoms with Crippen LogP contribution < -0.4 is 9.47 Å². The van der Waals surface area contributed by atoms with E-state index in [2.05, 4.69) is 15.3 Å². The molecule has 2 heterocycles. The molecular weight excluding hydrogens is 316 g/mol. The maximum Gasteiger partial charge on any atom is 0.219 e. The fraction of sp³-hybridized carbons (Fsp3) is 0.133. The zero-order valence-electron chi connectivity index (χ0n) is 12.5. The highest BCUT2D eigenvalue weighted by Gasteiger charge is 2.10. The summed E-state index contributed by atoms with van der Waals surface area (Å²) in [5.74, 6) is 2.40. The average molecular weight is 330 g/mol. The van der Waals surface area contributed by atoms with Gasteiger partial charge in [-0.05, 0) is 36.5 Å². The summed E-state index contributed by atoms with van der Waals surface area (Å²) >= 11 is 5.20. The van der Waals surface area contributed by atoms with E-state index in [0.29, 0.717) is 27.9 Å². The van der Waals surface area contributed by atoms with Gasteiger partial charge in [0.1, 0.15) is 11.5 Å². The van der Waals surface area contributed by atoms with E-state index in [1.165, 1.54) is 4.68 Å². The third-order valence-corrected chi connectivity index (χ3v) is 3.41. The Kier molecular flexibility index (Phi) is 4.24. The maximum absolute atomic E-state index is 5.34. The van der Waals surface area contributed by atoms with Crippen molar-refractivity contribution in [2.45, 2.75) is 0 Å². The van der Waals surface area contributed by atoms with Crippen molar-refractivity contribution in [3.63, 3.8) is 0 Å². The largest absolute Gasteiger partial charge is 0.497 e. The van der Waals surface area contributed by atoms with Crippen LogP contribution in [0.1, 0.15) is 5.56 Å². The zero-order chi connectivity index (χ0) is 16.2. The van der Waals surface area contributed by atoms with Crippen molar-refractivity contribution in [3.8, 4) is 23.1 Å². The molecule has 0 amide bonds. The third-order valence-electron chi connectivity index (χ3n) is 3.14. The van der Waals surface area contributed by atoms with Gasteiger partial charge in [0, 0.05) is 11.6 Å². The van der Waals surface area contributed by atoms with Crippen molar-refractivity contribution in [3.05, 3.63) is 46.9 Å². The highest BCUT2D eigenvalue weighted by Crippen LogP contribution is 2.23. The molecule has 1 N–H and O–H groups in total. The molecule has 0 spiro atoms. The first-order valence-corrected chi connectivity index (χ1v) is 7.11. The van der Waals surface area contributed by atoms with Gasteiger partial charge >= 0.3 is 0 Å². The Morgan fingerprint density at radius 3 is 2.87 bits per heavy atom. The average Bonchev–Trinajstić information content (AvgIpc) is 3.22. The Hall–Kier alpha value is -2.87. The van der Waals surface area contributed by atoms with Crippen LogP contribution >= 0.6 is 12.2 Å². The van der Waals surface area contributed by atoms with Crippen LogP contribution in [0.15, 0.2) is 46.1 Å². The number of furan rings is 1. The monoisotopic (exact) mass is 330 g/mol. The maximum atomic E-state index is 5.34. The standard InChI is InChI=1S/C15H14N4O3S/c1-20-11-6-5-10(13(8-11)21-2)9-16-19-14(17-18-15(19)23)12-4-3-7-22-12/h3-9H,1-2H3,(H,18,23)/b16-9+. The van der Waals surface area contributed by atoms with E-state index in [0.717, 1.165) is 5.56 Å². The number of hydrogen-bond acceptors (Lipinski definition) is 6. The van der Waals surface area contributed by atoms with Crippen molar-refractivity contribution >= 4 is 18.4 Å². The number of H-pyrrole nitrogens is 1. The van der Waals surface area contributed by atoms with Gasteiger partial charge in [-0.2, -0.15) is 9.78 Å². The molecular formula is C15H14N4O3S. The van der Waals surface area contributed by atoms with Crippen LogP contribution in [-0.4, -0.2) is 35.3 Å². The molecule has 3 aromatic rings. The number of nitrogens with zero attached hydrogens (tertiary/aromatic N) is 3. The molecule has 0 radical (unpaired) electrons. The van der Waals surface area contributed by atoms with Gasteiger partial charge in [-0.15, -0.1) is 5.10 Å². The fourth-order valence-corrected chi connectivity index (χ4v) is 2.19. The van der Waals surface area contributed by atoms with E-state index in [4.69, 9.17) is 26.1 Å². The van der Waals surface area contributed by atoms with Crippen LogP contribution in [-0.2, 0) is 0 Å². The highest BCUT2D eigenvalue weighted by molar-refractivity contribution is 7.71. The first kappa shape index (κ1) is 15.0. The number of rotatable bonds is 5. The number of methoxy groups -OCH3 is 2. The summed E-state index contributed by atoms with van der Waals surface area (Å²) in [6, 6.07) is 9.01. The normalized spacial score (nSPS) is 11.0. The first-order valence-electron chi connectivity index (χ1n) is 6.70. The molecule has 118 valence electrons. The summed E-state index contributed by atoms with van der Waals surface area (Å²) in [5.41, 5.74) is 0.779. The van der Waals surface area contributed by atoms with Crippen molar-refractivity contribution in [2.24, 2.45) is 5.10 Å². The van der Waals surface area contributed by atoms with Crippen molar-refractivity contribution in [1.82, 2.24) is 14.9 Å². The lowest BCUT2D eigenvalue weighted by atomic mass is 10.2. The van der Waals surface area contributed by atoms with Crippen LogP contribution in [0.5, 0.6) is 11.5 Å². The zero-order valence-corrected chi connectivity index (χ0v) is 13.3. The van der Waals surface area contributed by atoms with Crippen LogP contribution in [0.25, 0.3) is 11.6 Å². The second-order valence-corrected chi connectivity index (χ2v) is 4.88. The van der Waals surface area contributed by atoms with Gasteiger partial charge in [-0.1, -0.05) is 0 Å². The number of aromatic nitrogens is 3. The summed E-state index contributed by atoms with van der Waals surface area (Å²) in [4.78, 5) is 0. The lowest BCUT2D eigenvalue weighted by Gasteiger charge is -2.06. The van der Waals surface area contributed by atoms with E-state index in [1.807, 2.05) is 12.1 Å². The van der Waals surface area contributed by atoms with E-state index in [9.17, 15) is 0 Å². The van der Waals surface area contributed by atoms with Gasteiger partial charge < -0.3 is 13.9 Å². The van der Waals surface area contributed by atoms with E-state index >= 15 is 0 Å². The molecule has 2 aromatic heterocycles. The minimum atomic E-state index is 0.361. The summed E-state index contributed by atoms with van der Waals surface area (Å²) in [6.45, 7) is 0. The molecule has 0 fully saturated rings. The molecule has 0 aliphatic heterocycles. The van der Waals surface area contributed by atoms with Gasteiger partial charge in [-0.3, -0.25) is 0 Å². The molecule has 0 unspecified atom stereocenters. The van der Waals surface area contributed by atoms with Crippen LogP contribution in [0, 0.1) is 4.77 Å². The Morgan fingerprint density at radius 1 is 1.30 bits per heavy atom. The Bertz CT molecular complexity index is 881. The molecule has 0 atom stereocenters. The molecule has 0 bridgehead atoms. The minimum Gasteiger partial charge on any atom is -0.497 e. The highest BCUT2D eigenvalue weighted by atomic mass is 32.1. The number of benzene rings is 1. The summed E-state index contributed by atoms with van der Waals surface area (Å²) in [7, 11) is 3.19. The number of hydrogen-bond donors (Lipinski definition) is 1. The van der Waals surface area contributed by atoms with E-state index in [-0.39, 0.29) is 0 Å². The van der Waals surface area contributed by atoms with Gasteiger partial charge in [0.2, 0.25) is 10.6 Å². The molecule has 0 saturated carbocycles. The van der Waals surface area contributed by atoms with Crippen molar-refractivity contribution in [1.29, 1.82) is 0 Å². The topological polar surface area (TPSA) is 77.6 Å². The quantitative estimate of drug-likeness (QED) is 0.574. The lowest BCUT2D eigenvalue weighted by molar-refractivity contribution is 0.394. The van der Waals surface area contributed by atoms with Gasteiger partial charge in [0.05, 0.1) is 26.7 Å². The molecule has 0 aliphatic rings. The van der Waals surface area contributed by atoms with Gasteiger partial charge in [0.15, 0.2) is 5.76 Å². The van der Waals surface area contributed by atoms with Gasteiger partial charge in [0.25, 0.3) is 0 Å². The van der Waals surface area contributed by atoms with Crippen molar-refractivity contribution in [2.75, 3.05) is 14.2 Å². The lowest BCUT2D eigenvalue weighted by Crippen LogP contribution is -1.96. The molecule has 23 heavy (non-hydrogen) atoms. The summed E-state index contributed by atoms with van der Waals surface area (Å²) in [6.07, 6.45) is 3.20. The Morgan fingerprint density at radius 2 is 2.17 bits per heavy atom. The van der Waals surface area contributed by atoms with Crippen molar-refractivity contribution < 1.29 is 13.9 Å². The molecule has 0 saturated heterocycles. The smallest absolute Gasteiger partial charge is 0.219 e. The molecule has 1 aromatic carbocycles.